The highest BCUT2D eigenvalue weighted by molar-refractivity contribution is 5.83. The number of nitrogens with zero attached hydrogens (tertiary/aromatic N) is 2. The number of nitrogens with one attached hydrogen (secondary N) is 1. The first kappa shape index (κ1) is 26.8. The van der Waals surface area contributed by atoms with Crippen molar-refractivity contribution in [1.82, 2.24) is 9.55 Å². The second-order valence-corrected chi connectivity index (χ2v) is 11.4. The number of rotatable bonds is 9. The van der Waals surface area contributed by atoms with E-state index in [4.69, 9.17) is 19.2 Å². The first-order chi connectivity index (χ1) is 17.6. The topological polar surface area (TPSA) is 74.6 Å². The van der Waals surface area contributed by atoms with Crippen LogP contribution in [0.1, 0.15) is 71.9 Å². The summed E-state index contributed by atoms with van der Waals surface area (Å²) in [7, 11) is 3.09. The molecule has 1 saturated carbocycles. The van der Waals surface area contributed by atoms with Crippen LogP contribution in [0.4, 0.5) is 11.6 Å². The summed E-state index contributed by atoms with van der Waals surface area (Å²) in [6.07, 6.45) is 4.34. The molecule has 0 spiro atoms. The predicted octanol–water partition coefficient (Wildman–Crippen LogP) is 7.07. The van der Waals surface area contributed by atoms with Gasteiger partial charge in [0, 0.05) is 24.2 Å². The Balaban J connectivity index is 1.76. The Morgan fingerprint density at radius 1 is 1.16 bits per heavy atom. The number of hydrogen-bond acceptors (Lipinski definition) is 6. The number of aromatic nitrogens is 2. The standard InChI is InChI=1S/C30H41N3O4/c1-19(2)37-24-11-9-22(10-12-24)31-29-32-25-15-21(8-13-28(34)36-7)27(35-6)16-26(25)33(29)23-14-20(3)17-30(4,5)18-23/h9-12,15-16,19-20,23H,8,13-14,17-18H2,1-7H3,(H,31,32)/t20-,23+/m1/s1. The first-order valence-corrected chi connectivity index (χ1v) is 13.3. The van der Waals surface area contributed by atoms with E-state index in [2.05, 4.69) is 42.8 Å². The van der Waals surface area contributed by atoms with Crippen molar-refractivity contribution < 1.29 is 19.0 Å². The van der Waals surface area contributed by atoms with Gasteiger partial charge >= 0.3 is 5.97 Å². The minimum atomic E-state index is -0.238. The van der Waals surface area contributed by atoms with Crippen molar-refractivity contribution in [2.24, 2.45) is 11.3 Å². The van der Waals surface area contributed by atoms with Crippen molar-refractivity contribution in [1.29, 1.82) is 0 Å². The molecule has 0 bridgehead atoms. The maximum absolute atomic E-state index is 11.8. The molecule has 37 heavy (non-hydrogen) atoms. The molecule has 2 atom stereocenters. The van der Waals surface area contributed by atoms with E-state index >= 15 is 0 Å². The fourth-order valence-corrected chi connectivity index (χ4v) is 5.86. The summed E-state index contributed by atoms with van der Waals surface area (Å²) >= 11 is 0. The Hall–Kier alpha value is -3.22. The van der Waals surface area contributed by atoms with Crippen LogP contribution in [0.2, 0.25) is 0 Å². The molecule has 1 aliphatic rings. The van der Waals surface area contributed by atoms with Crippen LogP contribution in [-0.2, 0) is 16.0 Å². The highest BCUT2D eigenvalue weighted by Gasteiger charge is 2.35. The summed E-state index contributed by atoms with van der Waals surface area (Å²) in [6.45, 7) is 11.1. The Bertz CT molecular complexity index is 1230. The Morgan fingerprint density at radius 3 is 2.51 bits per heavy atom. The highest BCUT2D eigenvalue weighted by Crippen LogP contribution is 2.46. The van der Waals surface area contributed by atoms with Gasteiger partial charge in [-0.05, 0) is 86.8 Å². The smallest absolute Gasteiger partial charge is 0.305 e. The largest absolute Gasteiger partial charge is 0.496 e. The number of methoxy groups -OCH3 is 2. The number of carbonyl (C=O) groups excluding carboxylic acids is 1. The molecule has 2 aromatic carbocycles. The maximum Gasteiger partial charge on any atom is 0.305 e. The summed E-state index contributed by atoms with van der Waals surface area (Å²) in [5.41, 5.74) is 4.07. The van der Waals surface area contributed by atoms with Crippen LogP contribution in [0.25, 0.3) is 11.0 Å². The zero-order valence-corrected chi connectivity index (χ0v) is 23.3. The molecule has 0 radical (unpaired) electrons. The van der Waals surface area contributed by atoms with E-state index in [1.54, 1.807) is 7.11 Å². The van der Waals surface area contributed by atoms with Gasteiger partial charge < -0.3 is 24.1 Å². The highest BCUT2D eigenvalue weighted by atomic mass is 16.5. The van der Waals surface area contributed by atoms with Gasteiger partial charge in [0.2, 0.25) is 5.95 Å². The number of ether oxygens (including phenoxy) is 3. The summed E-state index contributed by atoms with van der Waals surface area (Å²) in [4.78, 5) is 16.8. The number of carbonyl (C=O) groups is 1. The van der Waals surface area contributed by atoms with E-state index in [9.17, 15) is 4.79 Å². The van der Waals surface area contributed by atoms with Crippen molar-refractivity contribution >= 4 is 28.6 Å². The number of anilines is 2. The van der Waals surface area contributed by atoms with Crippen molar-refractivity contribution in [3.05, 3.63) is 42.0 Å². The van der Waals surface area contributed by atoms with E-state index < -0.39 is 0 Å². The zero-order chi connectivity index (χ0) is 26.7. The minimum absolute atomic E-state index is 0.128. The molecule has 7 heteroatoms. The van der Waals surface area contributed by atoms with Crippen LogP contribution in [0.5, 0.6) is 11.5 Å². The Kier molecular flexibility index (Phi) is 8.00. The SMILES string of the molecule is COC(=O)CCc1cc2nc(Nc3ccc(OC(C)C)cc3)n([C@H]3C[C@@H](C)CC(C)(C)C3)c2cc1OC. The van der Waals surface area contributed by atoms with Crippen molar-refractivity contribution in [2.45, 2.75) is 78.9 Å². The van der Waals surface area contributed by atoms with Gasteiger partial charge in [-0.3, -0.25) is 4.79 Å². The summed E-state index contributed by atoms with van der Waals surface area (Å²) in [5.74, 6) is 2.81. The van der Waals surface area contributed by atoms with Gasteiger partial charge in [-0.25, -0.2) is 4.98 Å². The van der Waals surface area contributed by atoms with Gasteiger partial charge in [-0.15, -0.1) is 0 Å². The average Bonchev–Trinajstić information content (AvgIpc) is 3.17. The summed E-state index contributed by atoms with van der Waals surface area (Å²) in [5, 5.41) is 3.58. The number of benzene rings is 2. The van der Waals surface area contributed by atoms with E-state index in [1.807, 2.05) is 38.1 Å². The third-order valence-electron chi connectivity index (χ3n) is 7.13. The maximum atomic E-state index is 11.8. The second-order valence-electron chi connectivity index (χ2n) is 11.4. The van der Waals surface area contributed by atoms with Gasteiger partial charge in [0.1, 0.15) is 11.5 Å². The molecular weight excluding hydrogens is 466 g/mol. The molecule has 1 aliphatic carbocycles. The summed E-state index contributed by atoms with van der Waals surface area (Å²) < 4.78 is 18.8. The molecule has 4 rings (SSSR count). The molecule has 1 fully saturated rings. The zero-order valence-electron chi connectivity index (χ0n) is 23.3. The van der Waals surface area contributed by atoms with Crippen molar-refractivity contribution in [3.8, 4) is 11.5 Å². The van der Waals surface area contributed by atoms with Crippen LogP contribution < -0.4 is 14.8 Å². The lowest BCUT2D eigenvalue weighted by atomic mass is 9.70. The number of fused-ring (bicyclic) bond motifs is 1. The van der Waals surface area contributed by atoms with E-state index in [1.165, 1.54) is 13.5 Å². The van der Waals surface area contributed by atoms with Crippen LogP contribution in [0, 0.1) is 11.3 Å². The van der Waals surface area contributed by atoms with E-state index in [0.717, 1.165) is 52.6 Å². The number of aryl methyl sites for hydroxylation is 1. The van der Waals surface area contributed by atoms with Crippen LogP contribution in [-0.4, -0.2) is 35.8 Å². The van der Waals surface area contributed by atoms with Crippen LogP contribution in [0.3, 0.4) is 0 Å². The molecule has 1 N–H and O–H groups in total. The molecule has 1 aromatic heterocycles. The van der Waals surface area contributed by atoms with E-state index in [0.29, 0.717) is 24.8 Å². The molecule has 0 amide bonds. The molecular formula is C30H41N3O4. The lowest BCUT2D eigenvalue weighted by Crippen LogP contribution is -2.29. The average molecular weight is 508 g/mol. The third-order valence-corrected chi connectivity index (χ3v) is 7.13. The van der Waals surface area contributed by atoms with Gasteiger partial charge in [0.25, 0.3) is 0 Å². The lowest BCUT2D eigenvalue weighted by Gasteiger charge is -2.40. The van der Waals surface area contributed by atoms with Gasteiger partial charge in [-0.1, -0.05) is 20.8 Å². The molecule has 3 aromatic rings. The first-order valence-electron chi connectivity index (χ1n) is 13.3. The molecule has 0 saturated heterocycles. The van der Waals surface area contributed by atoms with Crippen LogP contribution in [0.15, 0.2) is 36.4 Å². The number of imidazole rings is 1. The van der Waals surface area contributed by atoms with Crippen molar-refractivity contribution in [2.75, 3.05) is 19.5 Å². The molecule has 7 nitrogen and oxygen atoms in total. The molecule has 1 heterocycles. The number of hydrogen-bond donors (Lipinski definition) is 1. The quantitative estimate of drug-likeness (QED) is 0.312. The lowest BCUT2D eigenvalue weighted by molar-refractivity contribution is -0.140. The fourth-order valence-electron chi connectivity index (χ4n) is 5.86. The molecule has 200 valence electrons. The third kappa shape index (κ3) is 6.38. The monoisotopic (exact) mass is 507 g/mol. The predicted molar refractivity (Wildman–Crippen MR) is 148 cm³/mol. The summed E-state index contributed by atoms with van der Waals surface area (Å²) in [6, 6.07) is 12.4. The molecule has 0 unspecified atom stereocenters. The Morgan fingerprint density at radius 2 is 1.89 bits per heavy atom. The van der Waals surface area contributed by atoms with Crippen LogP contribution >= 0.6 is 0 Å². The fraction of sp³-hybridized carbons (Fsp3) is 0.533. The Labute approximate surface area is 220 Å². The van der Waals surface area contributed by atoms with Gasteiger partial charge in [0.15, 0.2) is 0 Å². The number of esters is 1. The van der Waals surface area contributed by atoms with Gasteiger partial charge in [-0.2, -0.15) is 0 Å². The normalized spacial score (nSPS) is 19.1. The molecule has 0 aliphatic heterocycles. The minimum Gasteiger partial charge on any atom is -0.496 e. The van der Waals surface area contributed by atoms with Crippen molar-refractivity contribution in [3.63, 3.8) is 0 Å². The van der Waals surface area contributed by atoms with E-state index in [-0.39, 0.29) is 17.5 Å². The van der Waals surface area contributed by atoms with Gasteiger partial charge in [0.05, 0.1) is 31.4 Å². The second kappa shape index (κ2) is 11.0.